The van der Waals surface area contributed by atoms with Gasteiger partial charge in [-0.1, -0.05) is 6.07 Å². The number of hydrogen-bond acceptors (Lipinski definition) is 3. The van der Waals surface area contributed by atoms with E-state index >= 15 is 0 Å². The lowest BCUT2D eigenvalue weighted by Gasteiger charge is -2.19. The molecule has 0 heterocycles. The Bertz CT molecular complexity index is 383. The molecular formula is C12H17NO2. The van der Waals surface area contributed by atoms with E-state index < -0.39 is 0 Å². The fraction of sp³-hybridized carbons (Fsp3) is 0.500. The Morgan fingerprint density at radius 1 is 1.47 bits per heavy atom. The molecule has 3 nitrogen and oxygen atoms in total. The number of phenolic OH excluding ortho intramolecular Hbond substituents is 1. The molecule has 1 fully saturated rings. The first kappa shape index (κ1) is 10.3. The third kappa shape index (κ3) is 1.47. The van der Waals surface area contributed by atoms with Crippen LogP contribution in [0.3, 0.4) is 0 Å². The Labute approximate surface area is 89.9 Å². The number of ether oxygens (including phenoxy) is 1. The number of aromatic hydroxyl groups is 1. The summed E-state index contributed by atoms with van der Waals surface area (Å²) in [5.41, 5.74) is 7.51. The van der Waals surface area contributed by atoms with Gasteiger partial charge in [-0.25, -0.2) is 0 Å². The van der Waals surface area contributed by atoms with Gasteiger partial charge >= 0.3 is 0 Å². The van der Waals surface area contributed by atoms with E-state index in [0.717, 1.165) is 29.7 Å². The smallest absolute Gasteiger partial charge is 0.126 e. The molecule has 0 saturated heterocycles. The third-order valence-corrected chi connectivity index (χ3v) is 3.34. The van der Waals surface area contributed by atoms with Gasteiger partial charge in [-0.2, -0.15) is 0 Å². The number of phenols is 1. The van der Waals surface area contributed by atoms with Crippen LogP contribution in [0, 0.1) is 6.92 Å². The maximum atomic E-state index is 10.1. The number of aryl methyl sites for hydroxylation is 1. The Morgan fingerprint density at radius 2 is 2.13 bits per heavy atom. The number of hydrogen-bond donors (Lipinski definition) is 2. The lowest BCUT2D eigenvalue weighted by molar-refractivity contribution is 0.390. The average Bonchev–Trinajstić information content (AvgIpc) is 3.02. The molecule has 1 aliphatic carbocycles. The van der Waals surface area contributed by atoms with E-state index in [2.05, 4.69) is 0 Å². The van der Waals surface area contributed by atoms with Gasteiger partial charge in [0.15, 0.2) is 0 Å². The highest BCUT2D eigenvalue weighted by Gasteiger charge is 2.47. The molecule has 0 bridgehead atoms. The molecular weight excluding hydrogens is 190 g/mol. The molecule has 0 aliphatic heterocycles. The summed E-state index contributed by atoms with van der Waals surface area (Å²) in [5.74, 6) is 1.10. The summed E-state index contributed by atoms with van der Waals surface area (Å²) >= 11 is 0. The largest absolute Gasteiger partial charge is 0.507 e. The molecule has 0 aromatic heterocycles. The van der Waals surface area contributed by atoms with E-state index in [1.165, 1.54) is 0 Å². The van der Waals surface area contributed by atoms with Gasteiger partial charge in [-0.15, -0.1) is 0 Å². The van der Waals surface area contributed by atoms with Crippen molar-refractivity contribution in [3.05, 3.63) is 23.3 Å². The quantitative estimate of drug-likeness (QED) is 0.793. The van der Waals surface area contributed by atoms with Crippen LogP contribution in [0.2, 0.25) is 0 Å². The lowest BCUT2D eigenvalue weighted by atomic mass is 9.92. The highest BCUT2D eigenvalue weighted by atomic mass is 16.5. The predicted octanol–water partition coefficient (Wildman–Crippen LogP) is 1.70. The van der Waals surface area contributed by atoms with Gasteiger partial charge < -0.3 is 15.6 Å². The number of nitrogens with two attached hydrogens (primary N) is 1. The van der Waals surface area contributed by atoms with Crippen LogP contribution in [0.4, 0.5) is 0 Å². The Kier molecular flexibility index (Phi) is 2.35. The standard InChI is InChI=1S/C12H17NO2/c1-8-3-4-9(15-2)10(11(8)14)12(7-13)5-6-12/h3-4,14H,5-7,13H2,1-2H3. The van der Waals surface area contributed by atoms with E-state index in [0.29, 0.717) is 12.3 Å². The van der Waals surface area contributed by atoms with Crippen molar-refractivity contribution in [2.45, 2.75) is 25.2 Å². The molecule has 0 radical (unpaired) electrons. The number of benzene rings is 1. The lowest BCUT2D eigenvalue weighted by Crippen LogP contribution is -2.20. The Hall–Kier alpha value is -1.22. The molecule has 0 atom stereocenters. The van der Waals surface area contributed by atoms with E-state index in [-0.39, 0.29) is 5.41 Å². The normalized spacial score (nSPS) is 17.5. The zero-order valence-corrected chi connectivity index (χ0v) is 9.21. The van der Waals surface area contributed by atoms with Crippen LogP contribution in [0.5, 0.6) is 11.5 Å². The van der Waals surface area contributed by atoms with Gasteiger partial charge in [-0.3, -0.25) is 0 Å². The third-order valence-electron chi connectivity index (χ3n) is 3.34. The fourth-order valence-electron chi connectivity index (χ4n) is 2.07. The van der Waals surface area contributed by atoms with Crippen molar-refractivity contribution in [3.8, 4) is 11.5 Å². The highest BCUT2D eigenvalue weighted by Crippen LogP contribution is 2.54. The monoisotopic (exact) mass is 207 g/mol. The van der Waals surface area contributed by atoms with Gasteiger partial charge in [-0.05, 0) is 31.4 Å². The maximum Gasteiger partial charge on any atom is 0.126 e. The van der Waals surface area contributed by atoms with Crippen molar-refractivity contribution in [1.29, 1.82) is 0 Å². The van der Waals surface area contributed by atoms with Gasteiger partial charge in [0.2, 0.25) is 0 Å². The predicted molar refractivity (Wildman–Crippen MR) is 59.4 cm³/mol. The SMILES string of the molecule is COc1ccc(C)c(O)c1C1(CN)CC1. The summed E-state index contributed by atoms with van der Waals surface area (Å²) in [6.45, 7) is 2.46. The van der Waals surface area contributed by atoms with Gasteiger partial charge in [0.1, 0.15) is 11.5 Å². The molecule has 1 saturated carbocycles. The first-order valence-electron chi connectivity index (χ1n) is 5.22. The maximum absolute atomic E-state index is 10.1. The summed E-state index contributed by atoms with van der Waals surface area (Å²) < 4.78 is 5.29. The summed E-state index contributed by atoms with van der Waals surface area (Å²) in [6.07, 6.45) is 2.08. The first-order valence-corrected chi connectivity index (χ1v) is 5.22. The van der Waals surface area contributed by atoms with Crippen LogP contribution in [-0.4, -0.2) is 18.8 Å². The topological polar surface area (TPSA) is 55.5 Å². The number of methoxy groups -OCH3 is 1. The van der Waals surface area contributed by atoms with Crippen molar-refractivity contribution in [2.24, 2.45) is 5.73 Å². The zero-order chi connectivity index (χ0) is 11.1. The molecule has 1 aromatic carbocycles. The molecule has 0 spiro atoms. The van der Waals surface area contributed by atoms with E-state index in [9.17, 15) is 5.11 Å². The second kappa shape index (κ2) is 3.42. The minimum Gasteiger partial charge on any atom is -0.507 e. The number of rotatable bonds is 3. The van der Waals surface area contributed by atoms with Crippen LogP contribution >= 0.6 is 0 Å². The molecule has 0 unspecified atom stereocenters. The van der Waals surface area contributed by atoms with Crippen LogP contribution in [-0.2, 0) is 5.41 Å². The van der Waals surface area contributed by atoms with Crippen molar-refractivity contribution in [3.63, 3.8) is 0 Å². The Morgan fingerprint density at radius 3 is 2.60 bits per heavy atom. The van der Waals surface area contributed by atoms with Crippen LogP contribution in [0.15, 0.2) is 12.1 Å². The molecule has 3 heteroatoms. The molecule has 82 valence electrons. The van der Waals surface area contributed by atoms with Crippen molar-refractivity contribution in [1.82, 2.24) is 0 Å². The zero-order valence-electron chi connectivity index (χ0n) is 9.21. The van der Waals surface area contributed by atoms with Gasteiger partial charge in [0.25, 0.3) is 0 Å². The molecule has 1 aliphatic rings. The van der Waals surface area contributed by atoms with Gasteiger partial charge in [0, 0.05) is 17.5 Å². The highest BCUT2D eigenvalue weighted by molar-refractivity contribution is 5.55. The van der Waals surface area contributed by atoms with Crippen molar-refractivity contribution < 1.29 is 9.84 Å². The minimum atomic E-state index is -0.0402. The average molecular weight is 207 g/mol. The second-order valence-electron chi connectivity index (χ2n) is 4.29. The summed E-state index contributed by atoms with van der Waals surface area (Å²) in [4.78, 5) is 0. The minimum absolute atomic E-state index is 0.0402. The second-order valence-corrected chi connectivity index (χ2v) is 4.29. The summed E-state index contributed by atoms with van der Waals surface area (Å²) in [7, 11) is 1.63. The van der Waals surface area contributed by atoms with E-state index in [1.807, 2.05) is 19.1 Å². The van der Waals surface area contributed by atoms with E-state index in [1.54, 1.807) is 7.11 Å². The Balaban J connectivity index is 2.57. The van der Waals surface area contributed by atoms with Crippen LogP contribution < -0.4 is 10.5 Å². The van der Waals surface area contributed by atoms with Crippen LogP contribution in [0.25, 0.3) is 0 Å². The van der Waals surface area contributed by atoms with Crippen molar-refractivity contribution >= 4 is 0 Å². The van der Waals surface area contributed by atoms with Crippen LogP contribution in [0.1, 0.15) is 24.0 Å². The fourth-order valence-corrected chi connectivity index (χ4v) is 2.07. The molecule has 15 heavy (non-hydrogen) atoms. The van der Waals surface area contributed by atoms with Gasteiger partial charge in [0.05, 0.1) is 7.11 Å². The molecule has 2 rings (SSSR count). The molecule has 0 amide bonds. The molecule has 1 aromatic rings. The first-order chi connectivity index (χ1) is 7.14. The summed E-state index contributed by atoms with van der Waals surface area (Å²) in [6, 6.07) is 3.77. The van der Waals surface area contributed by atoms with Crippen molar-refractivity contribution in [2.75, 3.05) is 13.7 Å². The molecule has 3 N–H and O–H groups in total. The summed E-state index contributed by atoms with van der Waals surface area (Å²) in [5, 5.41) is 10.1. The van der Waals surface area contributed by atoms with E-state index in [4.69, 9.17) is 10.5 Å².